The molecule has 0 saturated heterocycles. The van der Waals surface area contributed by atoms with Crippen LogP contribution in [0.2, 0.25) is 0 Å². The molecule has 1 rings (SSSR count). The quantitative estimate of drug-likeness (QED) is 0.367. The highest BCUT2D eigenvalue weighted by Gasteiger charge is 2.13. The van der Waals surface area contributed by atoms with E-state index in [4.69, 9.17) is 4.74 Å². The van der Waals surface area contributed by atoms with E-state index in [0.29, 0.717) is 6.61 Å². The second kappa shape index (κ2) is 8.97. The summed E-state index contributed by atoms with van der Waals surface area (Å²) in [5.74, 6) is 1.31. The molecule has 0 aromatic carbocycles. The molecular formula is C15H26N2OS. The summed E-state index contributed by atoms with van der Waals surface area (Å²) in [4.78, 5) is 2.47. The predicted octanol–water partition coefficient (Wildman–Crippen LogP) is 4.00. The molecule has 0 bridgehead atoms. The Bertz CT molecular complexity index is 370. The van der Waals surface area contributed by atoms with E-state index in [2.05, 4.69) is 48.3 Å². The number of hydrogen-bond donors (Lipinski definition) is 0. The molecule has 0 amide bonds. The van der Waals surface area contributed by atoms with Crippen LogP contribution in [0, 0.1) is 0 Å². The zero-order valence-electron chi connectivity index (χ0n) is 12.4. The molecule has 0 unspecified atom stereocenters. The molecule has 4 heteroatoms. The Balaban J connectivity index is 2.89. The lowest BCUT2D eigenvalue weighted by Gasteiger charge is -2.26. The first kappa shape index (κ1) is 16.0. The van der Waals surface area contributed by atoms with Gasteiger partial charge in [0.25, 0.3) is 0 Å². The van der Waals surface area contributed by atoms with E-state index < -0.39 is 0 Å². The van der Waals surface area contributed by atoms with E-state index >= 15 is 0 Å². The maximum atomic E-state index is 5.28. The SMILES string of the molecule is C=COCCn1c(SC)ccc1N(CCC)CCC. The molecule has 1 aromatic rings. The number of hydrogen-bond acceptors (Lipinski definition) is 3. The minimum absolute atomic E-state index is 0.671. The van der Waals surface area contributed by atoms with Crippen LogP contribution in [0.25, 0.3) is 0 Å². The highest BCUT2D eigenvalue weighted by atomic mass is 32.2. The van der Waals surface area contributed by atoms with Gasteiger partial charge in [-0.25, -0.2) is 0 Å². The maximum Gasteiger partial charge on any atom is 0.109 e. The highest BCUT2D eigenvalue weighted by molar-refractivity contribution is 7.98. The summed E-state index contributed by atoms with van der Waals surface area (Å²) in [5, 5.41) is 1.29. The number of anilines is 1. The zero-order valence-corrected chi connectivity index (χ0v) is 13.2. The monoisotopic (exact) mass is 282 g/mol. The first-order valence-corrected chi connectivity index (χ1v) is 8.21. The average molecular weight is 282 g/mol. The molecule has 0 aliphatic rings. The summed E-state index contributed by atoms with van der Waals surface area (Å²) in [7, 11) is 0. The molecule has 3 nitrogen and oxygen atoms in total. The molecule has 1 heterocycles. The normalized spacial score (nSPS) is 10.5. The van der Waals surface area contributed by atoms with Crippen molar-refractivity contribution in [1.29, 1.82) is 0 Å². The van der Waals surface area contributed by atoms with E-state index in [0.717, 1.165) is 19.6 Å². The summed E-state index contributed by atoms with van der Waals surface area (Å²) in [6, 6.07) is 4.43. The van der Waals surface area contributed by atoms with Gasteiger partial charge in [-0.3, -0.25) is 0 Å². The van der Waals surface area contributed by atoms with Gasteiger partial charge in [-0.15, -0.1) is 11.8 Å². The zero-order chi connectivity index (χ0) is 14.1. The molecule has 0 aliphatic heterocycles. The van der Waals surface area contributed by atoms with Gasteiger partial charge < -0.3 is 14.2 Å². The summed E-state index contributed by atoms with van der Waals surface area (Å²) < 4.78 is 7.62. The lowest BCUT2D eigenvalue weighted by atomic mass is 10.3. The number of nitrogens with zero attached hydrogens (tertiary/aromatic N) is 2. The van der Waals surface area contributed by atoms with Crippen molar-refractivity contribution in [3.05, 3.63) is 25.0 Å². The Morgan fingerprint density at radius 1 is 1.32 bits per heavy atom. The lowest BCUT2D eigenvalue weighted by molar-refractivity contribution is 0.233. The van der Waals surface area contributed by atoms with Gasteiger partial charge in [0.2, 0.25) is 0 Å². The Hall–Kier alpha value is -1.03. The van der Waals surface area contributed by atoms with Gasteiger partial charge in [0.1, 0.15) is 12.4 Å². The Labute approximate surface area is 121 Å². The molecule has 0 aliphatic carbocycles. The molecular weight excluding hydrogens is 256 g/mol. The van der Waals surface area contributed by atoms with Gasteiger partial charge in [-0.1, -0.05) is 20.4 Å². The van der Waals surface area contributed by atoms with Gasteiger partial charge >= 0.3 is 0 Å². The van der Waals surface area contributed by atoms with Gasteiger partial charge in [-0.05, 0) is 31.2 Å². The van der Waals surface area contributed by atoms with Gasteiger partial charge in [0, 0.05) is 13.1 Å². The number of ether oxygens (including phenoxy) is 1. The second-order valence-corrected chi connectivity index (χ2v) is 5.24. The molecule has 0 atom stereocenters. The van der Waals surface area contributed by atoms with Crippen LogP contribution in [0.3, 0.4) is 0 Å². The third kappa shape index (κ3) is 4.53. The smallest absolute Gasteiger partial charge is 0.109 e. The van der Waals surface area contributed by atoms with E-state index in [-0.39, 0.29) is 0 Å². The van der Waals surface area contributed by atoms with Crippen molar-refractivity contribution >= 4 is 17.6 Å². The molecule has 0 spiro atoms. The fraction of sp³-hybridized carbons (Fsp3) is 0.600. The van der Waals surface area contributed by atoms with Crippen LogP contribution in [0.15, 0.2) is 30.0 Å². The van der Waals surface area contributed by atoms with Crippen molar-refractivity contribution in [1.82, 2.24) is 4.57 Å². The second-order valence-electron chi connectivity index (χ2n) is 4.41. The highest BCUT2D eigenvalue weighted by Crippen LogP contribution is 2.26. The maximum absolute atomic E-state index is 5.28. The summed E-state index contributed by atoms with van der Waals surface area (Å²) >= 11 is 1.78. The molecule has 0 fully saturated rings. The van der Waals surface area contributed by atoms with Crippen LogP contribution in [-0.4, -0.2) is 30.5 Å². The minimum atomic E-state index is 0.671. The van der Waals surface area contributed by atoms with Crippen LogP contribution < -0.4 is 4.90 Å². The predicted molar refractivity (Wildman–Crippen MR) is 85.2 cm³/mol. The lowest BCUT2D eigenvalue weighted by Crippen LogP contribution is -2.27. The van der Waals surface area contributed by atoms with Crippen molar-refractivity contribution in [3.8, 4) is 0 Å². The molecule has 19 heavy (non-hydrogen) atoms. The Kier molecular flexibility index (Phi) is 7.56. The van der Waals surface area contributed by atoms with Crippen LogP contribution in [0.4, 0.5) is 5.82 Å². The fourth-order valence-corrected chi connectivity index (χ4v) is 2.84. The molecule has 1 aromatic heterocycles. The fourth-order valence-electron chi connectivity index (χ4n) is 2.23. The first-order chi connectivity index (χ1) is 9.28. The number of thioether (sulfide) groups is 1. The summed E-state index contributed by atoms with van der Waals surface area (Å²) in [6.07, 6.45) is 5.97. The van der Waals surface area contributed by atoms with Gasteiger partial charge in [0.15, 0.2) is 0 Å². The number of rotatable bonds is 10. The molecule has 0 radical (unpaired) electrons. The van der Waals surface area contributed by atoms with Gasteiger partial charge in [-0.2, -0.15) is 0 Å². The minimum Gasteiger partial charge on any atom is -0.500 e. The standard InChI is InChI=1S/C15H26N2OS/c1-5-10-16(11-6-2)14-8-9-15(19-4)17(14)12-13-18-7-3/h7-9H,3,5-6,10-13H2,1-2,4H3. The third-order valence-corrected chi connectivity index (χ3v) is 3.76. The van der Waals surface area contributed by atoms with E-state index in [1.54, 1.807) is 11.8 Å². The molecule has 108 valence electrons. The topological polar surface area (TPSA) is 17.4 Å². The Morgan fingerprint density at radius 3 is 2.53 bits per heavy atom. The average Bonchev–Trinajstić information content (AvgIpc) is 2.82. The molecule has 0 saturated carbocycles. The van der Waals surface area contributed by atoms with Crippen molar-refractivity contribution in [2.24, 2.45) is 0 Å². The third-order valence-electron chi connectivity index (χ3n) is 2.99. The molecule has 0 N–H and O–H groups in total. The van der Waals surface area contributed by atoms with Crippen LogP contribution in [0.5, 0.6) is 0 Å². The van der Waals surface area contributed by atoms with Crippen molar-refractivity contribution < 1.29 is 4.74 Å². The summed E-state index contributed by atoms with van der Waals surface area (Å²) in [5.41, 5.74) is 0. The first-order valence-electron chi connectivity index (χ1n) is 6.99. The summed E-state index contributed by atoms with van der Waals surface area (Å²) in [6.45, 7) is 11.8. The van der Waals surface area contributed by atoms with Crippen LogP contribution in [0.1, 0.15) is 26.7 Å². The van der Waals surface area contributed by atoms with Crippen molar-refractivity contribution in [2.75, 3.05) is 30.9 Å². The van der Waals surface area contributed by atoms with E-state index in [1.165, 1.54) is 29.9 Å². The van der Waals surface area contributed by atoms with Crippen molar-refractivity contribution in [3.63, 3.8) is 0 Å². The van der Waals surface area contributed by atoms with Crippen molar-refractivity contribution in [2.45, 2.75) is 38.3 Å². The number of aromatic nitrogens is 1. The Morgan fingerprint density at radius 2 is 2.00 bits per heavy atom. The van der Waals surface area contributed by atoms with Crippen LogP contribution in [-0.2, 0) is 11.3 Å². The van der Waals surface area contributed by atoms with Crippen LogP contribution >= 0.6 is 11.8 Å². The largest absolute Gasteiger partial charge is 0.500 e. The van der Waals surface area contributed by atoms with Gasteiger partial charge in [0.05, 0.1) is 17.8 Å². The van der Waals surface area contributed by atoms with E-state index in [9.17, 15) is 0 Å². The van der Waals surface area contributed by atoms with E-state index in [1.807, 2.05) is 0 Å².